The van der Waals surface area contributed by atoms with Crippen molar-refractivity contribution in [3.63, 3.8) is 0 Å². The maximum Gasteiger partial charge on any atom is 0.259 e. The van der Waals surface area contributed by atoms with Crippen LogP contribution in [0.25, 0.3) is 5.82 Å². The van der Waals surface area contributed by atoms with Gasteiger partial charge in [0.05, 0.1) is 22.5 Å². The van der Waals surface area contributed by atoms with Crippen molar-refractivity contribution < 1.29 is 4.79 Å². The van der Waals surface area contributed by atoms with E-state index >= 15 is 0 Å². The van der Waals surface area contributed by atoms with E-state index in [1.54, 1.807) is 35.0 Å². The Kier molecular flexibility index (Phi) is 5.67. The van der Waals surface area contributed by atoms with Gasteiger partial charge >= 0.3 is 0 Å². The predicted molar refractivity (Wildman–Crippen MR) is 114 cm³/mol. The van der Waals surface area contributed by atoms with Gasteiger partial charge in [-0.05, 0) is 48.9 Å². The third-order valence-corrected chi connectivity index (χ3v) is 5.34. The number of aromatic nitrogens is 4. The Morgan fingerprint density at radius 1 is 1.03 bits per heavy atom. The summed E-state index contributed by atoms with van der Waals surface area (Å²) in [7, 11) is 0. The fraction of sp³-hybridized carbons (Fsp3) is 0.0909. The second kappa shape index (κ2) is 8.70. The molecule has 3 heterocycles. The molecule has 0 radical (unpaired) electrons. The van der Waals surface area contributed by atoms with Crippen molar-refractivity contribution in [1.82, 2.24) is 19.7 Å². The lowest BCUT2D eigenvalue weighted by atomic mass is 10.2. The van der Waals surface area contributed by atoms with Gasteiger partial charge in [-0.1, -0.05) is 24.3 Å². The first-order valence-corrected chi connectivity index (χ1v) is 10.1. The third-order valence-electron chi connectivity index (χ3n) is 4.33. The first-order chi connectivity index (χ1) is 14.2. The number of nitrogens with zero attached hydrogens (tertiary/aromatic N) is 4. The number of amides is 1. The lowest BCUT2D eigenvalue weighted by Crippen LogP contribution is -2.13. The minimum absolute atomic E-state index is 0.195. The molecule has 0 fully saturated rings. The van der Waals surface area contributed by atoms with Crippen molar-refractivity contribution in [3.05, 3.63) is 96.1 Å². The fourth-order valence-corrected chi connectivity index (χ4v) is 3.67. The standard InChI is InChI=1S/C22H19N5OS/c1-16-19(14-25-27(16)20-9-2-4-11-23-20)22(28)26-18-8-6-7-17(13-18)15-29-21-10-3-5-12-24-21/h2-14H,15H2,1H3,(H,26,28). The van der Waals surface area contributed by atoms with E-state index in [1.807, 2.05) is 67.6 Å². The molecular weight excluding hydrogens is 382 g/mol. The van der Waals surface area contributed by atoms with Crippen LogP contribution in [-0.4, -0.2) is 25.7 Å². The van der Waals surface area contributed by atoms with E-state index < -0.39 is 0 Å². The van der Waals surface area contributed by atoms with Crippen LogP contribution in [0.1, 0.15) is 21.6 Å². The molecule has 29 heavy (non-hydrogen) atoms. The molecule has 1 amide bonds. The molecule has 0 aliphatic heterocycles. The number of nitrogens with one attached hydrogen (secondary N) is 1. The summed E-state index contributed by atoms with van der Waals surface area (Å²) in [5.41, 5.74) is 3.12. The molecule has 4 rings (SSSR count). The number of pyridine rings is 2. The maximum atomic E-state index is 12.8. The number of carbonyl (C=O) groups is 1. The Morgan fingerprint density at radius 2 is 1.86 bits per heavy atom. The van der Waals surface area contributed by atoms with Crippen LogP contribution in [0.2, 0.25) is 0 Å². The Balaban J connectivity index is 1.46. The molecule has 4 aromatic rings. The molecule has 7 heteroatoms. The monoisotopic (exact) mass is 401 g/mol. The molecule has 144 valence electrons. The zero-order valence-corrected chi connectivity index (χ0v) is 16.6. The van der Waals surface area contributed by atoms with Gasteiger partial charge in [-0.15, -0.1) is 11.8 Å². The Morgan fingerprint density at radius 3 is 2.62 bits per heavy atom. The van der Waals surface area contributed by atoms with Gasteiger partial charge in [0, 0.05) is 23.8 Å². The van der Waals surface area contributed by atoms with Gasteiger partial charge in [-0.25, -0.2) is 14.6 Å². The summed E-state index contributed by atoms with van der Waals surface area (Å²) in [6.45, 7) is 1.86. The summed E-state index contributed by atoms with van der Waals surface area (Å²) >= 11 is 1.66. The molecule has 0 saturated heterocycles. The molecule has 0 spiro atoms. The minimum atomic E-state index is -0.195. The highest BCUT2D eigenvalue weighted by Crippen LogP contribution is 2.22. The topological polar surface area (TPSA) is 72.7 Å². The van der Waals surface area contributed by atoms with E-state index in [4.69, 9.17) is 0 Å². The minimum Gasteiger partial charge on any atom is -0.322 e. The van der Waals surface area contributed by atoms with Crippen molar-refractivity contribution in [2.75, 3.05) is 5.32 Å². The number of anilines is 1. The van der Waals surface area contributed by atoms with Gasteiger partial charge in [0.25, 0.3) is 5.91 Å². The highest BCUT2D eigenvalue weighted by atomic mass is 32.2. The van der Waals surface area contributed by atoms with E-state index in [2.05, 4.69) is 20.4 Å². The average molecular weight is 401 g/mol. The van der Waals surface area contributed by atoms with Gasteiger partial charge in [-0.3, -0.25) is 4.79 Å². The Hall–Kier alpha value is -3.45. The smallest absolute Gasteiger partial charge is 0.259 e. The van der Waals surface area contributed by atoms with Crippen LogP contribution in [0.3, 0.4) is 0 Å². The van der Waals surface area contributed by atoms with Crippen molar-refractivity contribution in [2.45, 2.75) is 17.7 Å². The van der Waals surface area contributed by atoms with Gasteiger partial charge in [0.1, 0.15) is 0 Å². The molecular formula is C22H19N5OS. The van der Waals surface area contributed by atoms with Gasteiger partial charge in [-0.2, -0.15) is 5.10 Å². The number of hydrogen-bond acceptors (Lipinski definition) is 5. The number of thioether (sulfide) groups is 1. The van der Waals surface area contributed by atoms with Crippen LogP contribution in [-0.2, 0) is 5.75 Å². The van der Waals surface area contributed by atoms with Crippen LogP contribution in [0.15, 0.2) is 84.3 Å². The number of rotatable bonds is 6. The normalized spacial score (nSPS) is 10.7. The van der Waals surface area contributed by atoms with Gasteiger partial charge in [0.15, 0.2) is 5.82 Å². The molecule has 0 bridgehead atoms. The van der Waals surface area contributed by atoms with Crippen molar-refractivity contribution in [3.8, 4) is 5.82 Å². The molecule has 0 atom stereocenters. The molecule has 1 N–H and O–H groups in total. The van der Waals surface area contributed by atoms with E-state index in [0.717, 1.165) is 27.7 Å². The lowest BCUT2D eigenvalue weighted by molar-refractivity contribution is 0.102. The molecule has 0 aliphatic rings. The SMILES string of the molecule is Cc1c(C(=O)Nc2cccc(CSc3ccccn3)c2)cnn1-c1ccccn1. The third kappa shape index (κ3) is 4.52. The van der Waals surface area contributed by atoms with Crippen molar-refractivity contribution in [1.29, 1.82) is 0 Å². The van der Waals surface area contributed by atoms with E-state index in [1.165, 1.54) is 0 Å². The second-order valence-electron chi connectivity index (χ2n) is 6.35. The van der Waals surface area contributed by atoms with Crippen LogP contribution in [0.5, 0.6) is 0 Å². The number of benzene rings is 1. The summed E-state index contributed by atoms with van der Waals surface area (Å²) in [6, 6.07) is 19.3. The largest absolute Gasteiger partial charge is 0.322 e. The number of carbonyl (C=O) groups excluding carboxylic acids is 1. The first kappa shape index (κ1) is 18.9. The molecule has 6 nitrogen and oxygen atoms in total. The van der Waals surface area contributed by atoms with Crippen molar-refractivity contribution >= 4 is 23.4 Å². The molecule has 0 aliphatic carbocycles. The summed E-state index contributed by atoms with van der Waals surface area (Å²) < 4.78 is 1.66. The average Bonchev–Trinajstić information content (AvgIpc) is 3.15. The van der Waals surface area contributed by atoms with E-state index in [-0.39, 0.29) is 5.91 Å². The van der Waals surface area contributed by atoms with Crippen LogP contribution < -0.4 is 5.32 Å². The van der Waals surface area contributed by atoms with Crippen LogP contribution in [0, 0.1) is 6.92 Å². The van der Waals surface area contributed by atoms with Crippen LogP contribution >= 0.6 is 11.8 Å². The molecule has 0 saturated carbocycles. The summed E-state index contributed by atoms with van der Waals surface area (Å²) in [5.74, 6) is 1.26. The Bertz CT molecular complexity index is 1110. The first-order valence-electron chi connectivity index (χ1n) is 9.11. The summed E-state index contributed by atoms with van der Waals surface area (Å²) in [5, 5.41) is 8.25. The Labute approximate surface area is 173 Å². The molecule has 1 aromatic carbocycles. The number of hydrogen-bond donors (Lipinski definition) is 1. The molecule has 3 aromatic heterocycles. The van der Waals surface area contributed by atoms with E-state index in [0.29, 0.717) is 11.4 Å². The quantitative estimate of drug-likeness (QED) is 0.481. The molecule has 0 unspecified atom stereocenters. The fourth-order valence-electron chi connectivity index (χ4n) is 2.87. The van der Waals surface area contributed by atoms with Gasteiger partial charge in [0.2, 0.25) is 0 Å². The zero-order valence-electron chi connectivity index (χ0n) is 15.8. The summed E-state index contributed by atoms with van der Waals surface area (Å²) in [4.78, 5) is 21.4. The zero-order chi connectivity index (χ0) is 20.1. The van der Waals surface area contributed by atoms with Gasteiger partial charge < -0.3 is 5.32 Å². The highest BCUT2D eigenvalue weighted by Gasteiger charge is 2.16. The second-order valence-corrected chi connectivity index (χ2v) is 7.35. The van der Waals surface area contributed by atoms with Crippen LogP contribution in [0.4, 0.5) is 5.69 Å². The lowest BCUT2D eigenvalue weighted by Gasteiger charge is -2.08. The van der Waals surface area contributed by atoms with Crippen molar-refractivity contribution in [2.24, 2.45) is 0 Å². The summed E-state index contributed by atoms with van der Waals surface area (Å²) in [6.07, 6.45) is 5.05. The van der Waals surface area contributed by atoms with E-state index in [9.17, 15) is 4.79 Å². The highest BCUT2D eigenvalue weighted by molar-refractivity contribution is 7.98. The predicted octanol–water partition coefficient (Wildman–Crippen LogP) is 4.52. The maximum absolute atomic E-state index is 12.8.